The van der Waals surface area contributed by atoms with Crippen LogP contribution < -0.4 is 4.74 Å². The van der Waals surface area contributed by atoms with Gasteiger partial charge in [0.25, 0.3) is 0 Å². The van der Waals surface area contributed by atoms with Gasteiger partial charge in [-0.05, 0) is 49.3 Å². The summed E-state index contributed by atoms with van der Waals surface area (Å²) < 4.78 is 5.37. The van der Waals surface area contributed by atoms with Crippen LogP contribution in [0.4, 0.5) is 0 Å². The minimum Gasteiger partial charge on any atom is -0.496 e. The van der Waals surface area contributed by atoms with Crippen LogP contribution >= 0.6 is 0 Å². The van der Waals surface area contributed by atoms with Gasteiger partial charge in [0.1, 0.15) is 5.75 Å². The molecule has 0 heterocycles. The molecule has 92 valence electrons. The first kappa shape index (κ1) is 11.1. The SMILES string of the molecule is COc1ccc(C2CCCC2)cc1C1(O)CC1. The molecule has 2 aliphatic rings. The van der Waals surface area contributed by atoms with Gasteiger partial charge in [0.2, 0.25) is 0 Å². The van der Waals surface area contributed by atoms with Gasteiger partial charge in [0.05, 0.1) is 12.7 Å². The molecule has 2 aliphatic carbocycles. The van der Waals surface area contributed by atoms with Gasteiger partial charge >= 0.3 is 0 Å². The van der Waals surface area contributed by atoms with Crippen molar-refractivity contribution in [1.82, 2.24) is 0 Å². The molecule has 2 saturated carbocycles. The van der Waals surface area contributed by atoms with Crippen LogP contribution in [0.5, 0.6) is 5.75 Å². The predicted molar refractivity (Wildman–Crippen MR) is 67.3 cm³/mol. The minimum absolute atomic E-state index is 0.597. The lowest BCUT2D eigenvalue weighted by molar-refractivity contribution is 0.147. The molecule has 0 aliphatic heterocycles. The van der Waals surface area contributed by atoms with Crippen LogP contribution in [-0.2, 0) is 5.60 Å². The molecule has 0 atom stereocenters. The molecule has 0 spiro atoms. The summed E-state index contributed by atoms with van der Waals surface area (Å²) in [4.78, 5) is 0. The highest BCUT2D eigenvalue weighted by atomic mass is 16.5. The smallest absolute Gasteiger partial charge is 0.124 e. The summed E-state index contributed by atoms with van der Waals surface area (Å²) in [6.45, 7) is 0. The van der Waals surface area contributed by atoms with E-state index in [1.807, 2.05) is 6.07 Å². The average Bonchev–Trinajstić information content (AvgIpc) is 2.91. The van der Waals surface area contributed by atoms with Gasteiger partial charge in [-0.2, -0.15) is 0 Å². The number of ether oxygens (including phenoxy) is 1. The van der Waals surface area contributed by atoms with E-state index in [0.29, 0.717) is 5.92 Å². The van der Waals surface area contributed by atoms with E-state index < -0.39 is 5.60 Å². The second-order valence-corrected chi connectivity index (χ2v) is 5.47. The lowest BCUT2D eigenvalue weighted by Crippen LogP contribution is -2.08. The summed E-state index contributed by atoms with van der Waals surface area (Å²) >= 11 is 0. The van der Waals surface area contributed by atoms with Gasteiger partial charge in [-0.3, -0.25) is 0 Å². The molecule has 1 N–H and O–H groups in total. The van der Waals surface area contributed by atoms with E-state index in [0.717, 1.165) is 24.2 Å². The maximum atomic E-state index is 10.3. The van der Waals surface area contributed by atoms with E-state index >= 15 is 0 Å². The summed E-state index contributed by atoms with van der Waals surface area (Å²) in [6, 6.07) is 6.38. The molecule has 2 nitrogen and oxygen atoms in total. The van der Waals surface area contributed by atoms with Crippen molar-refractivity contribution < 1.29 is 9.84 Å². The Bertz CT molecular complexity index is 415. The molecule has 3 rings (SSSR count). The van der Waals surface area contributed by atoms with Gasteiger partial charge in [-0.25, -0.2) is 0 Å². The van der Waals surface area contributed by atoms with Crippen LogP contribution in [0.15, 0.2) is 18.2 Å². The first-order chi connectivity index (χ1) is 8.23. The van der Waals surface area contributed by atoms with E-state index in [9.17, 15) is 5.11 Å². The Kier molecular flexibility index (Phi) is 2.62. The Morgan fingerprint density at radius 3 is 2.53 bits per heavy atom. The van der Waals surface area contributed by atoms with Gasteiger partial charge in [0, 0.05) is 5.56 Å². The number of methoxy groups -OCH3 is 1. The fourth-order valence-corrected chi connectivity index (χ4v) is 2.99. The Hall–Kier alpha value is -1.02. The van der Waals surface area contributed by atoms with Crippen molar-refractivity contribution in [2.75, 3.05) is 7.11 Å². The standard InChI is InChI=1S/C15H20O2/c1-17-14-7-6-12(11-4-2-3-5-11)10-13(14)15(16)8-9-15/h6-7,10-11,16H,2-5,8-9H2,1H3. The van der Waals surface area contributed by atoms with Crippen LogP contribution in [0.1, 0.15) is 55.6 Å². The van der Waals surface area contributed by atoms with E-state index in [4.69, 9.17) is 4.74 Å². The molecule has 0 amide bonds. The summed E-state index contributed by atoms with van der Waals surface area (Å²) in [5.41, 5.74) is 1.79. The normalized spacial score (nSPS) is 22.7. The molecule has 0 saturated heterocycles. The van der Waals surface area contributed by atoms with Crippen molar-refractivity contribution in [3.8, 4) is 5.75 Å². The van der Waals surface area contributed by atoms with Gasteiger partial charge in [-0.1, -0.05) is 18.9 Å². The second-order valence-electron chi connectivity index (χ2n) is 5.47. The largest absolute Gasteiger partial charge is 0.496 e. The number of hydrogen-bond acceptors (Lipinski definition) is 2. The van der Waals surface area contributed by atoms with Crippen molar-refractivity contribution in [3.05, 3.63) is 29.3 Å². The maximum absolute atomic E-state index is 10.3. The van der Waals surface area contributed by atoms with E-state index in [1.165, 1.54) is 31.2 Å². The van der Waals surface area contributed by atoms with E-state index in [1.54, 1.807) is 7.11 Å². The summed E-state index contributed by atoms with van der Waals surface area (Å²) in [5.74, 6) is 1.54. The third kappa shape index (κ3) is 1.95. The zero-order chi connectivity index (χ0) is 11.9. The molecule has 0 aromatic heterocycles. The van der Waals surface area contributed by atoms with Crippen molar-refractivity contribution in [3.63, 3.8) is 0 Å². The summed E-state index contributed by atoms with van der Waals surface area (Å²) in [5, 5.41) is 10.3. The first-order valence-corrected chi connectivity index (χ1v) is 6.64. The Morgan fingerprint density at radius 1 is 1.24 bits per heavy atom. The zero-order valence-corrected chi connectivity index (χ0v) is 10.4. The fourth-order valence-electron chi connectivity index (χ4n) is 2.99. The quantitative estimate of drug-likeness (QED) is 0.866. The second kappa shape index (κ2) is 4.02. The highest BCUT2D eigenvalue weighted by Crippen LogP contribution is 2.50. The Balaban J connectivity index is 1.96. The van der Waals surface area contributed by atoms with Crippen LogP contribution in [0.3, 0.4) is 0 Å². The van der Waals surface area contributed by atoms with Crippen molar-refractivity contribution in [2.24, 2.45) is 0 Å². The van der Waals surface area contributed by atoms with E-state index in [2.05, 4.69) is 12.1 Å². The topological polar surface area (TPSA) is 29.5 Å². The van der Waals surface area contributed by atoms with Gasteiger partial charge < -0.3 is 9.84 Å². The molecule has 0 unspecified atom stereocenters. The highest BCUT2D eigenvalue weighted by Gasteiger charge is 2.44. The molecule has 0 radical (unpaired) electrons. The lowest BCUT2D eigenvalue weighted by Gasteiger charge is -2.17. The predicted octanol–water partition coefficient (Wildman–Crippen LogP) is 3.33. The maximum Gasteiger partial charge on any atom is 0.124 e. The molecule has 17 heavy (non-hydrogen) atoms. The molecule has 2 heteroatoms. The lowest BCUT2D eigenvalue weighted by atomic mass is 9.93. The van der Waals surface area contributed by atoms with Gasteiger partial charge in [-0.15, -0.1) is 0 Å². The first-order valence-electron chi connectivity index (χ1n) is 6.64. The fraction of sp³-hybridized carbons (Fsp3) is 0.600. The average molecular weight is 232 g/mol. The molecular weight excluding hydrogens is 212 g/mol. The number of hydrogen-bond donors (Lipinski definition) is 1. The number of rotatable bonds is 3. The van der Waals surface area contributed by atoms with Crippen molar-refractivity contribution >= 4 is 0 Å². The van der Waals surface area contributed by atoms with Crippen molar-refractivity contribution in [2.45, 2.75) is 50.0 Å². The summed E-state index contributed by atoms with van der Waals surface area (Å²) in [6.07, 6.45) is 7.02. The molecule has 1 aromatic carbocycles. The zero-order valence-electron chi connectivity index (χ0n) is 10.4. The number of benzene rings is 1. The van der Waals surface area contributed by atoms with Crippen LogP contribution in [-0.4, -0.2) is 12.2 Å². The van der Waals surface area contributed by atoms with Crippen LogP contribution in [0.25, 0.3) is 0 Å². The van der Waals surface area contributed by atoms with E-state index in [-0.39, 0.29) is 0 Å². The Morgan fingerprint density at radius 2 is 1.94 bits per heavy atom. The van der Waals surface area contributed by atoms with Crippen LogP contribution in [0, 0.1) is 0 Å². The number of aliphatic hydroxyl groups is 1. The highest BCUT2D eigenvalue weighted by molar-refractivity contribution is 5.44. The summed E-state index contributed by atoms with van der Waals surface area (Å²) in [7, 11) is 1.68. The molecular formula is C15H20O2. The van der Waals surface area contributed by atoms with Crippen molar-refractivity contribution in [1.29, 1.82) is 0 Å². The third-order valence-electron chi connectivity index (χ3n) is 4.28. The molecule has 0 bridgehead atoms. The molecule has 1 aromatic rings. The molecule has 2 fully saturated rings. The third-order valence-corrected chi connectivity index (χ3v) is 4.28. The van der Waals surface area contributed by atoms with Gasteiger partial charge in [0.15, 0.2) is 0 Å². The monoisotopic (exact) mass is 232 g/mol. The minimum atomic E-state index is -0.597. The Labute approximate surface area is 103 Å². The van der Waals surface area contributed by atoms with Crippen LogP contribution in [0.2, 0.25) is 0 Å².